The second-order valence-corrected chi connectivity index (χ2v) is 6.19. The third-order valence-electron chi connectivity index (χ3n) is 3.14. The molecule has 1 aromatic carbocycles. The van der Waals surface area contributed by atoms with E-state index in [-0.39, 0.29) is 12.0 Å². The summed E-state index contributed by atoms with van der Waals surface area (Å²) in [5.41, 5.74) is 0.771. The molecule has 0 amide bonds. The van der Waals surface area contributed by atoms with Crippen LogP contribution in [0.4, 0.5) is 0 Å². The summed E-state index contributed by atoms with van der Waals surface area (Å²) in [6.07, 6.45) is 0. The number of aliphatic hydroxyl groups excluding tert-OH is 1. The lowest BCUT2D eigenvalue weighted by Crippen LogP contribution is -2.33. The van der Waals surface area contributed by atoms with E-state index in [0.717, 1.165) is 12.1 Å². The monoisotopic (exact) mass is 301 g/mol. The molecule has 0 radical (unpaired) electrons. The van der Waals surface area contributed by atoms with Crippen molar-refractivity contribution in [2.75, 3.05) is 34.4 Å². The number of hydrogen-bond donors (Lipinski definition) is 1. The Balaban J connectivity index is 2.91. The van der Waals surface area contributed by atoms with Crippen LogP contribution in [0.5, 0.6) is 11.5 Å². The van der Waals surface area contributed by atoms with Crippen molar-refractivity contribution in [2.45, 2.75) is 20.4 Å². The van der Waals surface area contributed by atoms with Gasteiger partial charge in [0.15, 0.2) is 0 Å². The molecule has 0 aromatic heterocycles. The van der Waals surface area contributed by atoms with Gasteiger partial charge in [0.1, 0.15) is 11.5 Å². The van der Waals surface area contributed by atoms with Crippen molar-refractivity contribution in [2.24, 2.45) is 5.41 Å². The minimum Gasteiger partial charge on any atom is -0.497 e. The molecule has 0 fully saturated rings. The predicted molar refractivity (Wildman–Crippen MR) is 81.8 cm³/mol. The lowest BCUT2D eigenvalue weighted by molar-refractivity contribution is 0.112. The van der Waals surface area contributed by atoms with E-state index in [0.29, 0.717) is 23.1 Å². The maximum atomic E-state index is 9.34. The Labute approximate surface area is 126 Å². The quantitative estimate of drug-likeness (QED) is 0.841. The van der Waals surface area contributed by atoms with E-state index in [4.69, 9.17) is 21.1 Å². The molecular weight excluding hydrogens is 278 g/mol. The molecule has 1 aromatic rings. The van der Waals surface area contributed by atoms with E-state index in [1.807, 2.05) is 27.0 Å². The molecule has 5 heteroatoms. The first-order valence-electron chi connectivity index (χ1n) is 6.52. The molecule has 0 bridgehead atoms. The molecule has 0 saturated carbocycles. The highest BCUT2D eigenvalue weighted by molar-refractivity contribution is 6.31. The summed E-state index contributed by atoms with van der Waals surface area (Å²) in [5.74, 6) is 1.39. The minimum atomic E-state index is -0.152. The Morgan fingerprint density at radius 1 is 1.25 bits per heavy atom. The molecule has 1 N–H and O–H groups in total. The standard InChI is InChI=1S/C15H24ClNO3/c1-15(2,10-18)9-17(3)8-12-13(16)6-11(19-4)7-14(12)20-5/h6-7,18H,8-10H2,1-5H3. The van der Waals surface area contributed by atoms with E-state index >= 15 is 0 Å². The Morgan fingerprint density at radius 2 is 1.90 bits per heavy atom. The van der Waals surface area contributed by atoms with Crippen LogP contribution in [0.3, 0.4) is 0 Å². The van der Waals surface area contributed by atoms with Crippen LogP contribution in [0, 0.1) is 5.41 Å². The Hall–Kier alpha value is -0.970. The Morgan fingerprint density at radius 3 is 2.40 bits per heavy atom. The van der Waals surface area contributed by atoms with Crippen LogP contribution < -0.4 is 9.47 Å². The van der Waals surface area contributed by atoms with Crippen molar-refractivity contribution in [3.63, 3.8) is 0 Å². The number of benzene rings is 1. The minimum absolute atomic E-state index is 0.144. The van der Waals surface area contributed by atoms with Crippen LogP contribution in [0.2, 0.25) is 5.02 Å². The molecule has 0 aliphatic carbocycles. The summed E-state index contributed by atoms with van der Waals surface area (Å²) in [6, 6.07) is 3.61. The van der Waals surface area contributed by atoms with Crippen molar-refractivity contribution < 1.29 is 14.6 Å². The fourth-order valence-corrected chi connectivity index (χ4v) is 2.41. The molecular formula is C15H24ClNO3. The van der Waals surface area contributed by atoms with Gasteiger partial charge in [-0.25, -0.2) is 0 Å². The molecule has 0 spiro atoms. The third kappa shape index (κ3) is 4.54. The van der Waals surface area contributed by atoms with Crippen LogP contribution in [0.1, 0.15) is 19.4 Å². The first-order chi connectivity index (χ1) is 9.32. The molecule has 0 aliphatic heterocycles. The summed E-state index contributed by atoms with van der Waals surface area (Å²) in [5, 5.41) is 9.96. The maximum Gasteiger partial charge on any atom is 0.128 e. The predicted octanol–water partition coefficient (Wildman–Crippen LogP) is 2.81. The summed E-state index contributed by atoms with van der Waals surface area (Å²) in [6.45, 7) is 5.60. The van der Waals surface area contributed by atoms with Gasteiger partial charge in [0.2, 0.25) is 0 Å². The zero-order valence-corrected chi connectivity index (χ0v) is 13.6. The highest BCUT2D eigenvalue weighted by Crippen LogP contribution is 2.33. The lowest BCUT2D eigenvalue weighted by atomic mass is 9.94. The molecule has 1 rings (SSSR count). The Bertz CT molecular complexity index is 449. The molecule has 0 heterocycles. The average Bonchev–Trinajstić information content (AvgIpc) is 2.40. The van der Waals surface area contributed by atoms with Crippen LogP contribution in [-0.4, -0.2) is 44.4 Å². The summed E-state index contributed by atoms with van der Waals surface area (Å²) >= 11 is 6.31. The fraction of sp³-hybridized carbons (Fsp3) is 0.600. The summed E-state index contributed by atoms with van der Waals surface area (Å²) in [7, 11) is 5.21. The third-order valence-corrected chi connectivity index (χ3v) is 3.47. The lowest BCUT2D eigenvalue weighted by Gasteiger charge is -2.29. The number of aliphatic hydroxyl groups is 1. The van der Waals surface area contributed by atoms with E-state index < -0.39 is 0 Å². The fourth-order valence-electron chi connectivity index (χ4n) is 2.15. The number of ether oxygens (including phenoxy) is 2. The second kappa shape index (κ2) is 7.16. The number of halogens is 1. The number of hydrogen-bond acceptors (Lipinski definition) is 4. The van der Waals surface area contributed by atoms with Gasteiger partial charge in [-0.15, -0.1) is 0 Å². The zero-order valence-electron chi connectivity index (χ0n) is 12.9. The van der Waals surface area contributed by atoms with Crippen molar-refractivity contribution in [1.82, 2.24) is 4.90 Å². The average molecular weight is 302 g/mol. The van der Waals surface area contributed by atoms with Gasteiger partial charge in [-0.2, -0.15) is 0 Å². The smallest absolute Gasteiger partial charge is 0.128 e. The van der Waals surface area contributed by atoms with E-state index in [1.165, 1.54) is 0 Å². The zero-order chi connectivity index (χ0) is 15.3. The molecule has 0 unspecified atom stereocenters. The maximum absolute atomic E-state index is 9.34. The Kier molecular flexibility index (Phi) is 6.11. The van der Waals surface area contributed by atoms with Gasteiger partial charge in [-0.05, 0) is 13.1 Å². The van der Waals surface area contributed by atoms with Crippen LogP contribution in [0.15, 0.2) is 12.1 Å². The largest absolute Gasteiger partial charge is 0.497 e. The molecule has 4 nitrogen and oxygen atoms in total. The van der Waals surface area contributed by atoms with Crippen LogP contribution in [-0.2, 0) is 6.54 Å². The SMILES string of the molecule is COc1cc(Cl)c(CN(C)CC(C)(C)CO)c(OC)c1. The van der Waals surface area contributed by atoms with Crippen LogP contribution >= 0.6 is 11.6 Å². The molecule has 0 saturated heterocycles. The molecule has 20 heavy (non-hydrogen) atoms. The highest BCUT2D eigenvalue weighted by atomic mass is 35.5. The van der Waals surface area contributed by atoms with Gasteiger partial charge in [0.25, 0.3) is 0 Å². The van der Waals surface area contributed by atoms with Gasteiger partial charge in [-0.3, -0.25) is 0 Å². The van der Waals surface area contributed by atoms with E-state index in [1.54, 1.807) is 20.3 Å². The normalized spacial score (nSPS) is 11.8. The summed E-state index contributed by atoms with van der Waals surface area (Å²) in [4.78, 5) is 2.12. The van der Waals surface area contributed by atoms with E-state index in [2.05, 4.69) is 4.90 Å². The van der Waals surface area contributed by atoms with Gasteiger partial charge in [0, 0.05) is 36.7 Å². The van der Waals surface area contributed by atoms with Gasteiger partial charge < -0.3 is 19.5 Å². The number of methoxy groups -OCH3 is 2. The van der Waals surface area contributed by atoms with Crippen LogP contribution in [0.25, 0.3) is 0 Å². The van der Waals surface area contributed by atoms with Gasteiger partial charge in [0.05, 0.1) is 19.2 Å². The van der Waals surface area contributed by atoms with Gasteiger partial charge >= 0.3 is 0 Å². The molecule has 114 valence electrons. The molecule has 0 aliphatic rings. The highest BCUT2D eigenvalue weighted by Gasteiger charge is 2.21. The van der Waals surface area contributed by atoms with Crippen molar-refractivity contribution in [1.29, 1.82) is 0 Å². The van der Waals surface area contributed by atoms with Crippen molar-refractivity contribution in [3.05, 3.63) is 22.7 Å². The first kappa shape index (κ1) is 17.1. The second-order valence-electron chi connectivity index (χ2n) is 5.78. The molecule has 0 atom stereocenters. The van der Waals surface area contributed by atoms with Gasteiger partial charge in [-0.1, -0.05) is 25.4 Å². The van der Waals surface area contributed by atoms with E-state index in [9.17, 15) is 5.11 Å². The summed E-state index contributed by atoms with van der Waals surface area (Å²) < 4.78 is 10.6. The van der Waals surface area contributed by atoms with Crippen molar-refractivity contribution >= 4 is 11.6 Å². The topological polar surface area (TPSA) is 41.9 Å². The number of nitrogens with zero attached hydrogens (tertiary/aromatic N) is 1. The first-order valence-corrected chi connectivity index (χ1v) is 6.90. The number of rotatable bonds is 7. The van der Waals surface area contributed by atoms with Crippen molar-refractivity contribution in [3.8, 4) is 11.5 Å².